The van der Waals surface area contributed by atoms with Crippen LogP contribution in [0.2, 0.25) is 0 Å². The van der Waals surface area contributed by atoms with E-state index in [0.717, 1.165) is 26.2 Å². The van der Waals surface area contributed by atoms with E-state index < -0.39 is 15.6 Å². The molecule has 2 fully saturated rings. The summed E-state index contributed by atoms with van der Waals surface area (Å²) in [6, 6.07) is 2.44. The zero-order chi connectivity index (χ0) is 13.2. The molecule has 0 bridgehead atoms. The van der Waals surface area contributed by atoms with E-state index in [9.17, 15) is 13.7 Å². The average Bonchev–Trinajstić information content (AvgIpc) is 2.39. The first-order valence-electron chi connectivity index (χ1n) is 6.30. The van der Waals surface area contributed by atoms with Gasteiger partial charge in [0.25, 0.3) is 0 Å². The minimum absolute atomic E-state index is 0.455. The molecule has 102 valence electrons. The van der Waals surface area contributed by atoms with Gasteiger partial charge >= 0.3 is 0 Å². The van der Waals surface area contributed by atoms with Crippen molar-refractivity contribution in [3.63, 3.8) is 0 Å². The van der Waals surface area contributed by atoms with Crippen LogP contribution in [0.3, 0.4) is 0 Å². The maximum absolute atomic E-state index is 11.5. The van der Waals surface area contributed by atoms with Crippen molar-refractivity contribution in [3.8, 4) is 6.07 Å². The van der Waals surface area contributed by atoms with E-state index in [2.05, 4.69) is 16.3 Å². The molecule has 0 spiro atoms. The Bertz CT molecular complexity index is 428. The molecule has 18 heavy (non-hydrogen) atoms. The monoisotopic (exact) mass is 272 g/mol. The van der Waals surface area contributed by atoms with Crippen molar-refractivity contribution in [2.24, 2.45) is 0 Å². The van der Waals surface area contributed by atoms with Gasteiger partial charge in [-0.15, -0.1) is 0 Å². The Kier molecular flexibility index (Phi) is 3.92. The molecule has 0 aliphatic carbocycles. The fraction of sp³-hybridized carbons (Fsp3) is 0.909. The van der Waals surface area contributed by atoms with Crippen molar-refractivity contribution in [1.29, 1.82) is 5.26 Å². The second kappa shape index (κ2) is 5.13. The molecule has 2 aliphatic rings. The summed E-state index contributed by atoms with van der Waals surface area (Å²) in [5.41, 5.74) is -0.469. The third kappa shape index (κ3) is 2.67. The Morgan fingerprint density at radius 3 is 2.17 bits per heavy atom. The van der Waals surface area contributed by atoms with Crippen LogP contribution in [0.25, 0.3) is 0 Å². The molecule has 0 radical (unpaired) electrons. The average molecular weight is 272 g/mol. The van der Waals surface area contributed by atoms with Crippen molar-refractivity contribution in [2.45, 2.75) is 18.4 Å². The fourth-order valence-electron chi connectivity index (χ4n) is 2.78. The van der Waals surface area contributed by atoms with Crippen molar-refractivity contribution in [2.75, 3.05) is 45.5 Å². The van der Waals surface area contributed by atoms with Gasteiger partial charge in [-0.25, -0.2) is 12.7 Å². The quantitative estimate of drug-likeness (QED) is 0.713. The lowest BCUT2D eigenvalue weighted by Gasteiger charge is -2.45. The lowest BCUT2D eigenvalue weighted by atomic mass is 9.87. The fourth-order valence-corrected chi connectivity index (χ4v) is 3.63. The van der Waals surface area contributed by atoms with Crippen molar-refractivity contribution >= 4 is 10.0 Å². The number of piperidine rings is 1. The standard InChI is InChI=1S/C11H20N4O2S/c1-18(16,17)15-6-2-11(10-12,3-7-15)14-8-4-13-5-9-14/h13H,2-9H2,1H3. The van der Waals surface area contributed by atoms with Gasteiger partial charge in [0.15, 0.2) is 0 Å². The number of nitrogens with zero attached hydrogens (tertiary/aromatic N) is 3. The number of piperazine rings is 1. The van der Waals surface area contributed by atoms with Crippen LogP contribution >= 0.6 is 0 Å². The normalized spacial score (nSPS) is 26.7. The summed E-state index contributed by atoms with van der Waals surface area (Å²) in [7, 11) is -3.12. The van der Waals surface area contributed by atoms with Crippen molar-refractivity contribution in [3.05, 3.63) is 0 Å². The highest BCUT2D eigenvalue weighted by atomic mass is 32.2. The number of hydrogen-bond acceptors (Lipinski definition) is 5. The zero-order valence-corrected chi connectivity index (χ0v) is 11.5. The minimum atomic E-state index is -3.12. The minimum Gasteiger partial charge on any atom is -0.314 e. The SMILES string of the molecule is CS(=O)(=O)N1CCC(C#N)(N2CCNCC2)CC1. The first kappa shape index (κ1) is 13.7. The molecule has 0 aromatic carbocycles. The summed E-state index contributed by atoms with van der Waals surface area (Å²) in [6.07, 6.45) is 2.45. The van der Waals surface area contributed by atoms with Gasteiger partial charge in [-0.3, -0.25) is 4.90 Å². The summed E-state index contributed by atoms with van der Waals surface area (Å²) >= 11 is 0. The van der Waals surface area contributed by atoms with E-state index in [0.29, 0.717) is 25.9 Å². The van der Waals surface area contributed by atoms with Gasteiger partial charge < -0.3 is 5.32 Å². The van der Waals surface area contributed by atoms with Gasteiger partial charge in [0.1, 0.15) is 5.54 Å². The zero-order valence-electron chi connectivity index (χ0n) is 10.7. The first-order valence-corrected chi connectivity index (χ1v) is 8.15. The van der Waals surface area contributed by atoms with E-state index in [4.69, 9.17) is 0 Å². The Balaban J connectivity index is 2.06. The van der Waals surface area contributed by atoms with Crippen LogP contribution in [0.1, 0.15) is 12.8 Å². The van der Waals surface area contributed by atoms with Gasteiger partial charge in [-0.2, -0.15) is 5.26 Å². The predicted molar refractivity (Wildman–Crippen MR) is 68.4 cm³/mol. The highest BCUT2D eigenvalue weighted by Crippen LogP contribution is 2.29. The van der Waals surface area contributed by atoms with Gasteiger partial charge in [-0.1, -0.05) is 0 Å². The molecule has 0 aromatic heterocycles. The molecule has 0 aromatic rings. The molecule has 0 saturated carbocycles. The Labute approximate surface area is 109 Å². The molecule has 2 saturated heterocycles. The van der Waals surface area contributed by atoms with Crippen LogP contribution in [0.15, 0.2) is 0 Å². The van der Waals surface area contributed by atoms with Crippen LogP contribution in [0.4, 0.5) is 0 Å². The molecular weight excluding hydrogens is 252 g/mol. The number of nitriles is 1. The Morgan fingerprint density at radius 1 is 1.17 bits per heavy atom. The lowest BCUT2D eigenvalue weighted by Crippen LogP contribution is -2.59. The van der Waals surface area contributed by atoms with E-state index >= 15 is 0 Å². The maximum atomic E-state index is 11.5. The molecule has 7 heteroatoms. The Morgan fingerprint density at radius 2 is 1.72 bits per heavy atom. The van der Waals surface area contributed by atoms with Gasteiger partial charge in [-0.05, 0) is 12.8 Å². The molecule has 6 nitrogen and oxygen atoms in total. The van der Waals surface area contributed by atoms with E-state index in [1.165, 1.54) is 10.6 Å². The molecule has 2 aliphatic heterocycles. The second-order valence-electron chi connectivity index (χ2n) is 5.04. The summed E-state index contributed by atoms with van der Waals surface area (Å²) in [6.45, 7) is 4.45. The van der Waals surface area contributed by atoms with Crippen LogP contribution in [0.5, 0.6) is 0 Å². The largest absolute Gasteiger partial charge is 0.314 e. The van der Waals surface area contributed by atoms with E-state index in [1.54, 1.807) is 0 Å². The number of sulfonamides is 1. The van der Waals surface area contributed by atoms with Gasteiger partial charge in [0, 0.05) is 39.3 Å². The van der Waals surface area contributed by atoms with Gasteiger partial charge in [0.2, 0.25) is 10.0 Å². The highest BCUT2D eigenvalue weighted by Gasteiger charge is 2.42. The highest BCUT2D eigenvalue weighted by molar-refractivity contribution is 7.88. The number of nitrogens with one attached hydrogen (secondary N) is 1. The third-order valence-corrected chi connectivity index (χ3v) is 5.25. The van der Waals surface area contributed by atoms with E-state index in [-0.39, 0.29) is 0 Å². The van der Waals surface area contributed by atoms with Crippen molar-refractivity contribution in [1.82, 2.24) is 14.5 Å². The summed E-state index contributed by atoms with van der Waals surface area (Å²) < 4.78 is 24.4. The van der Waals surface area contributed by atoms with Crippen LogP contribution in [-0.4, -0.2) is 68.7 Å². The maximum Gasteiger partial charge on any atom is 0.211 e. The topological polar surface area (TPSA) is 76.4 Å². The van der Waals surface area contributed by atoms with Gasteiger partial charge in [0.05, 0.1) is 12.3 Å². The molecular formula is C11H20N4O2S. The smallest absolute Gasteiger partial charge is 0.211 e. The first-order chi connectivity index (χ1) is 8.48. The summed E-state index contributed by atoms with van der Waals surface area (Å²) in [4.78, 5) is 2.21. The second-order valence-corrected chi connectivity index (χ2v) is 7.02. The number of rotatable bonds is 2. The predicted octanol–water partition coefficient (Wildman–Crippen LogP) is -0.791. The lowest BCUT2D eigenvalue weighted by molar-refractivity contribution is 0.0730. The van der Waals surface area contributed by atoms with Crippen LogP contribution in [0, 0.1) is 11.3 Å². The molecule has 2 rings (SSSR count). The third-order valence-electron chi connectivity index (χ3n) is 3.95. The molecule has 0 unspecified atom stereocenters. The summed E-state index contributed by atoms with van der Waals surface area (Å²) in [5.74, 6) is 0. The molecule has 0 atom stereocenters. The van der Waals surface area contributed by atoms with Crippen LogP contribution < -0.4 is 5.32 Å². The summed E-state index contributed by atoms with van der Waals surface area (Å²) in [5, 5.41) is 12.8. The molecule has 2 heterocycles. The van der Waals surface area contributed by atoms with E-state index in [1.807, 2.05) is 0 Å². The van der Waals surface area contributed by atoms with Crippen molar-refractivity contribution < 1.29 is 8.42 Å². The molecule has 0 amide bonds. The van der Waals surface area contributed by atoms with Crippen LogP contribution in [-0.2, 0) is 10.0 Å². The molecule has 1 N–H and O–H groups in total. The Hall–Kier alpha value is -0.680. The number of hydrogen-bond donors (Lipinski definition) is 1.